The average molecular weight is 383 g/mol. The molecule has 0 aromatic heterocycles. The largest absolute Gasteiger partial charge is 0.543 e. The number of ether oxygens (including phenoxy) is 1. The molecule has 6 nitrogen and oxygen atoms in total. The van der Waals surface area contributed by atoms with E-state index in [2.05, 4.69) is 6.92 Å². The molecule has 1 rings (SSSR count). The fourth-order valence-corrected chi connectivity index (χ4v) is 5.50. The Balaban J connectivity index is 3.01. The summed E-state index contributed by atoms with van der Waals surface area (Å²) >= 11 is 0. The molecule has 1 aromatic carbocycles. The number of carbonyl (C=O) groups is 1. The van der Waals surface area contributed by atoms with Crippen LogP contribution in [0.2, 0.25) is 0 Å². The minimum atomic E-state index is -2.99. The van der Waals surface area contributed by atoms with Gasteiger partial charge in [0.25, 0.3) is 0 Å². The van der Waals surface area contributed by atoms with Gasteiger partial charge in [-0.25, -0.2) is 4.79 Å². The lowest BCUT2D eigenvalue weighted by Crippen LogP contribution is -2.58. The van der Waals surface area contributed by atoms with Crippen molar-refractivity contribution in [3.63, 3.8) is 0 Å². The number of carboxylic acids is 1. The van der Waals surface area contributed by atoms with Crippen LogP contribution < -0.4 is 4.74 Å². The molecule has 1 atom stereocenters. The van der Waals surface area contributed by atoms with E-state index in [4.69, 9.17) is 23.1 Å². The lowest BCUT2D eigenvalue weighted by Gasteiger charge is -2.35. The first-order valence-corrected chi connectivity index (χ1v) is 10.9. The highest BCUT2D eigenvalue weighted by Crippen LogP contribution is 2.25. The van der Waals surface area contributed by atoms with Crippen LogP contribution in [0.15, 0.2) is 30.3 Å². The van der Waals surface area contributed by atoms with Gasteiger partial charge in [0.15, 0.2) is 5.73 Å². The normalized spacial score (nSPS) is 13.1. The van der Waals surface area contributed by atoms with Crippen LogP contribution in [0, 0.1) is 0 Å². The van der Waals surface area contributed by atoms with E-state index in [0.717, 1.165) is 24.5 Å². The number of hydrogen-bond acceptors (Lipinski definition) is 5. The Hall–Kier alpha value is -1.67. The summed E-state index contributed by atoms with van der Waals surface area (Å²) in [5.41, 5.74) is 0.488. The van der Waals surface area contributed by atoms with Crippen LogP contribution in [-0.2, 0) is 18.1 Å². The van der Waals surface area contributed by atoms with Crippen molar-refractivity contribution in [3.8, 4) is 5.75 Å². The number of carboxylic acid groups (broad SMARTS) is 1. The summed E-state index contributed by atoms with van der Waals surface area (Å²) in [7, 11) is -2.99. The Morgan fingerprint density at radius 1 is 1.04 bits per heavy atom. The van der Waals surface area contributed by atoms with E-state index in [-0.39, 0.29) is 5.73 Å². The summed E-state index contributed by atoms with van der Waals surface area (Å²) in [6.07, 6.45) is 4.31. The van der Waals surface area contributed by atoms with Crippen molar-refractivity contribution >= 4 is 20.8 Å². The first-order chi connectivity index (χ1) is 12.5. The zero-order valence-electron chi connectivity index (χ0n) is 16.1. The molecule has 1 N–H and O–H groups in total. The Bertz CT molecular complexity index is 541. The van der Waals surface area contributed by atoms with Gasteiger partial charge in [-0.3, -0.25) is 0 Å². The van der Waals surface area contributed by atoms with Crippen LogP contribution >= 0.6 is 0 Å². The van der Waals surface area contributed by atoms with Crippen LogP contribution in [0.5, 0.6) is 5.75 Å². The highest BCUT2D eigenvalue weighted by atomic mass is 28.4. The molecule has 7 heteroatoms. The fraction of sp³-hybridized carbons (Fsp3) is 0.526. The van der Waals surface area contributed by atoms with Gasteiger partial charge in [-0.05, 0) is 51.0 Å². The smallest absolute Gasteiger partial charge is 0.486 e. The Kier molecular flexibility index (Phi) is 10.2. The minimum Gasteiger partial charge on any atom is -0.486 e. The van der Waals surface area contributed by atoms with Crippen molar-refractivity contribution in [1.82, 2.24) is 0 Å². The maximum atomic E-state index is 10.6. The highest BCUT2D eigenvalue weighted by Gasteiger charge is 2.51. The van der Waals surface area contributed by atoms with Gasteiger partial charge in [-0.15, -0.1) is 0 Å². The molecule has 0 fully saturated rings. The van der Waals surface area contributed by atoms with E-state index in [0.29, 0.717) is 25.6 Å². The van der Waals surface area contributed by atoms with Gasteiger partial charge in [0, 0.05) is 25.9 Å². The molecule has 0 saturated heterocycles. The second-order valence-corrected chi connectivity index (χ2v) is 8.26. The molecule has 0 saturated carbocycles. The van der Waals surface area contributed by atoms with Crippen molar-refractivity contribution in [2.45, 2.75) is 46.3 Å². The van der Waals surface area contributed by atoms with Gasteiger partial charge in [0.1, 0.15) is 5.75 Å². The number of benzene rings is 1. The molecule has 0 bridgehead atoms. The van der Waals surface area contributed by atoms with Gasteiger partial charge in [-0.1, -0.05) is 25.5 Å². The Morgan fingerprint density at radius 3 is 2.00 bits per heavy atom. The highest BCUT2D eigenvalue weighted by molar-refractivity contribution is 6.62. The molecule has 0 heterocycles. The van der Waals surface area contributed by atoms with Crippen LogP contribution in [0.1, 0.15) is 46.1 Å². The van der Waals surface area contributed by atoms with Crippen LogP contribution in [-0.4, -0.2) is 45.4 Å². The monoisotopic (exact) mass is 382 g/mol. The zero-order chi connectivity index (χ0) is 19.4. The summed E-state index contributed by atoms with van der Waals surface area (Å²) in [6.45, 7) is 9.34. The maximum Gasteiger partial charge on any atom is 0.543 e. The lowest BCUT2D eigenvalue weighted by atomic mass is 10.2. The minimum absolute atomic E-state index is 0.298. The molecule has 0 aliphatic heterocycles. The van der Waals surface area contributed by atoms with E-state index in [1.54, 1.807) is 0 Å². The fourth-order valence-electron chi connectivity index (χ4n) is 2.57. The molecule has 0 aliphatic rings. The summed E-state index contributed by atoms with van der Waals surface area (Å²) in [5.74, 6) is -0.304. The van der Waals surface area contributed by atoms with Gasteiger partial charge < -0.3 is 23.1 Å². The van der Waals surface area contributed by atoms with E-state index in [1.807, 2.05) is 45.0 Å². The Morgan fingerprint density at radius 2 is 1.58 bits per heavy atom. The summed E-state index contributed by atoms with van der Waals surface area (Å²) in [4.78, 5) is 10.6. The topological polar surface area (TPSA) is 74.2 Å². The SMILES string of the molecule is CCCC(Oc1ccc(/C=C/C(=O)O)cc1)[Si](OCC)(OCC)OCC. The number of aliphatic carboxylic acids is 1. The summed E-state index contributed by atoms with van der Waals surface area (Å²) < 4.78 is 24.1. The second-order valence-electron chi connectivity index (χ2n) is 5.54. The summed E-state index contributed by atoms with van der Waals surface area (Å²) in [5, 5.41) is 8.70. The predicted octanol–water partition coefficient (Wildman–Crippen LogP) is 3.92. The third kappa shape index (κ3) is 6.91. The van der Waals surface area contributed by atoms with Gasteiger partial charge >= 0.3 is 14.8 Å². The van der Waals surface area contributed by atoms with E-state index in [9.17, 15) is 4.79 Å². The van der Waals surface area contributed by atoms with E-state index in [1.165, 1.54) is 6.08 Å². The molecular formula is C19H30O6Si. The number of rotatable bonds is 13. The van der Waals surface area contributed by atoms with Crippen molar-refractivity contribution in [3.05, 3.63) is 35.9 Å². The lowest BCUT2D eigenvalue weighted by molar-refractivity contribution is -0.131. The van der Waals surface area contributed by atoms with E-state index >= 15 is 0 Å². The van der Waals surface area contributed by atoms with Gasteiger partial charge in [0.05, 0.1) is 0 Å². The quantitative estimate of drug-likeness (QED) is 0.412. The molecule has 146 valence electrons. The zero-order valence-corrected chi connectivity index (χ0v) is 17.1. The molecule has 1 aromatic rings. The molecule has 0 radical (unpaired) electrons. The van der Waals surface area contributed by atoms with E-state index < -0.39 is 14.8 Å². The predicted molar refractivity (Wildman–Crippen MR) is 103 cm³/mol. The average Bonchev–Trinajstić information content (AvgIpc) is 2.61. The van der Waals surface area contributed by atoms with Crippen LogP contribution in [0.3, 0.4) is 0 Å². The molecule has 1 unspecified atom stereocenters. The number of hydrogen-bond donors (Lipinski definition) is 1. The first-order valence-electron chi connectivity index (χ1n) is 9.10. The third-order valence-corrected chi connectivity index (χ3v) is 6.83. The maximum absolute atomic E-state index is 10.6. The Labute approximate surface area is 157 Å². The van der Waals surface area contributed by atoms with Crippen molar-refractivity contribution in [2.24, 2.45) is 0 Å². The molecule has 26 heavy (non-hydrogen) atoms. The summed E-state index contributed by atoms with van der Waals surface area (Å²) in [6, 6.07) is 7.24. The molecule has 0 spiro atoms. The van der Waals surface area contributed by atoms with Gasteiger partial charge in [0.2, 0.25) is 0 Å². The molecule has 0 aliphatic carbocycles. The molecular weight excluding hydrogens is 352 g/mol. The van der Waals surface area contributed by atoms with Crippen molar-refractivity contribution < 1.29 is 27.9 Å². The standard InChI is InChI=1S/C19H30O6Si/c1-5-9-19(26(22-6-2,23-7-3)24-8-4)25-17-13-10-16(11-14-17)12-15-18(20)21/h10-15,19H,5-9H2,1-4H3,(H,20,21)/b15-12+. The third-order valence-electron chi connectivity index (χ3n) is 3.56. The van der Waals surface area contributed by atoms with Gasteiger partial charge in [-0.2, -0.15) is 0 Å². The van der Waals surface area contributed by atoms with Crippen LogP contribution in [0.25, 0.3) is 6.08 Å². The van der Waals surface area contributed by atoms with Crippen molar-refractivity contribution in [1.29, 1.82) is 0 Å². The second kappa shape index (κ2) is 11.8. The van der Waals surface area contributed by atoms with Crippen molar-refractivity contribution in [2.75, 3.05) is 19.8 Å². The first kappa shape index (κ1) is 22.4. The molecule has 0 amide bonds. The van der Waals surface area contributed by atoms with Crippen LogP contribution in [0.4, 0.5) is 0 Å².